The molecule has 0 aliphatic carbocycles. The Hall–Kier alpha value is -2.21. The zero-order valence-electron chi connectivity index (χ0n) is 13.0. The number of nitrogens with zero attached hydrogens (tertiary/aromatic N) is 1. The molecule has 0 spiro atoms. The summed E-state index contributed by atoms with van der Waals surface area (Å²) in [6.07, 6.45) is 0. The molecule has 2 aromatic carbocycles. The number of amides is 1. The number of thiazole rings is 1. The fourth-order valence-corrected chi connectivity index (χ4v) is 3.45. The number of hydrogen-bond donors (Lipinski definition) is 2. The second-order valence-electron chi connectivity index (χ2n) is 5.33. The number of halogens is 1. The summed E-state index contributed by atoms with van der Waals surface area (Å²) in [5, 5.41) is 6.16. The highest BCUT2D eigenvalue weighted by atomic mass is 35.5. The number of hydrogen-bond acceptors (Lipinski definition) is 4. The van der Waals surface area contributed by atoms with E-state index in [9.17, 15) is 4.79 Å². The summed E-state index contributed by atoms with van der Waals surface area (Å²) in [5.74, 6) is -0.0931. The van der Waals surface area contributed by atoms with Crippen LogP contribution in [0.2, 0.25) is 5.02 Å². The summed E-state index contributed by atoms with van der Waals surface area (Å²) >= 11 is 7.72. The van der Waals surface area contributed by atoms with Crippen molar-refractivity contribution < 1.29 is 4.79 Å². The molecule has 6 heteroatoms. The highest BCUT2D eigenvalue weighted by molar-refractivity contribution is 7.10. The van der Waals surface area contributed by atoms with Crippen LogP contribution in [0.4, 0.5) is 5.69 Å². The van der Waals surface area contributed by atoms with Crippen molar-refractivity contribution in [3.05, 3.63) is 69.5 Å². The average molecular weight is 358 g/mol. The van der Waals surface area contributed by atoms with Crippen molar-refractivity contribution in [1.29, 1.82) is 0 Å². The molecule has 0 fully saturated rings. The molecule has 3 N–H and O–H groups in total. The minimum Gasteiger partial charge on any atom is -0.326 e. The van der Waals surface area contributed by atoms with Crippen LogP contribution in [-0.4, -0.2) is 10.9 Å². The summed E-state index contributed by atoms with van der Waals surface area (Å²) in [5.41, 5.74) is 9.75. The van der Waals surface area contributed by atoms with Gasteiger partial charge in [0, 0.05) is 28.6 Å². The highest BCUT2D eigenvalue weighted by Gasteiger charge is 2.16. The first-order valence-electron chi connectivity index (χ1n) is 7.38. The summed E-state index contributed by atoms with van der Waals surface area (Å²) < 4.78 is 0. The standard InChI is InChI=1S/C18H16ClN3OS/c1-11(23)21-13-8-6-12(7-9-13)16-10-24-18(22-16)17(20)14-4-2-3-5-15(14)19/h2-10,17H,20H2,1H3,(H,21,23). The second-order valence-corrected chi connectivity index (χ2v) is 6.63. The number of benzene rings is 2. The number of anilines is 1. The second kappa shape index (κ2) is 7.13. The van der Waals surface area contributed by atoms with Crippen LogP contribution in [0.15, 0.2) is 53.9 Å². The lowest BCUT2D eigenvalue weighted by Gasteiger charge is -2.10. The third-order valence-corrected chi connectivity index (χ3v) is 4.80. The van der Waals surface area contributed by atoms with Crippen molar-refractivity contribution in [3.8, 4) is 11.3 Å². The fraction of sp³-hybridized carbons (Fsp3) is 0.111. The molecule has 1 unspecified atom stereocenters. The molecule has 0 saturated heterocycles. The lowest BCUT2D eigenvalue weighted by atomic mass is 10.1. The van der Waals surface area contributed by atoms with Crippen molar-refractivity contribution in [2.75, 3.05) is 5.32 Å². The van der Waals surface area contributed by atoms with Gasteiger partial charge in [-0.05, 0) is 23.8 Å². The summed E-state index contributed by atoms with van der Waals surface area (Å²) in [6, 6.07) is 14.7. The first-order chi connectivity index (χ1) is 11.5. The molecule has 1 amide bonds. The molecule has 122 valence electrons. The van der Waals surface area contributed by atoms with Gasteiger partial charge >= 0.3 is 0 Å². The Labute approximate surface area is 149 Å². The SMILES string of the molecule is CC(=O)Nc1ccc(-c2csc(C(N)c3ccccc3Cl)n2)cc1. The fourth-order valence-electron chi connectivity index (χ4n) is 2.35. The lowest BCUT2D eigenvalue weighted by molar-refractivity contribution is -0.114. The van der Waals surface area contributed by atoms with Crippen molar-refractivity contribution in [1.82, 2.24) is 4.98 Å². The van der Waals surface area contributed by atoms with Crippen molar-refractivity contribution >= 4 is 34.5 Å². The van der Waals surface area contributed by atoms with Gasteiger partial charge < -0.3 is 11.1 Å². The maximum atomic E-state index is 11.1. The minimum absolute atomic E-state index is 0.0931. The molecule has 1 heterocycles. The van der Waals surface area contributed by atoms with Crippen LogP contribution in [0, 0.1) is 0 Å². The molecule has 0 aliphatic rings. The van der Waals surface area contributed by atoms with Gasteiger partial charge in [-0.1, -0.05) is 41.9 Å². The number of nitrogens with two attached hydrogens (primary N) is 1. The number of rotatable bonds is 4. The molecule has 0 radical (unpaired) electrons. The summed E-state index contributed by atoms with van der Waals surface area (Å²) in [6.45, 7) is 1.48. The monoisotopic (exact) mass is 357 g/mol. The van der Waals surface area contributed by atoms with E-state index in [1.54, 1.807) is 0 Å². The topological polar surface area (TPSA) is 68.0 Å². The van der Waals surface area contributed by atoms with Crippen LogP contribution >= 0.6 is 22.9 Å². The molecule has 0 aliphatic heterocycles. The van der Waals surface area contributed by atoms with E-state index in [1.807, 2.05) is 53.9 Å². The smallest absolute Gasteiger partial charge is 0.221 e. The zero-order valence-corrected chi connectivity index (χ0v) is 14.6. The Morgan fingerprint density at radius 2 is 1.92 bits per heavy atom. The third kappa shape index (κ3) is 3.64. The number of carbonyl (C=O) groups is 1. The van der Waals surface area contributed by atoms with Gasteiger partial charge in [0.05, 0.1) is 11.7 Å². The highest BCUT2D eigenvalue weighted by Crippen LogP contribution is 2.31. The van der Waals surface area contributed by atoms with Crippen LogP contribution in [-0.2, 0) is 4.79 Å². The van der Waals surface area contributed by atoms with Crippen molar-refractivity contribution in [2.24, 2.45) is 5.73 Å². The van der Waals surface area contributed by atoms with Gasteiger partial charge in [0.15, 0.2) is 0 Å². The molecular weight excluding hydrogens is 342 g/mol. The molecule has 1 atom stereocenters. The Morgan fingerprint density at radius 1 is 1.21 bits per heavy atom. The normalized spacial score (nSPS) is 12.0. The molecule has 4 nitrogen and oxygen atoms in total. The van der Waals surface area contributed by atoms with Crippen LogP contribution in [0.3, 0.4) is 0 Å². The largest absolute Gasteiger partial charge is 0.326 e. The Morgan fingerprint density at radius 3 is 2.58 bits per heavy atom. The zero-order chi connectivity index (χ0) is 17.1. The van der Waals surface area contributed by atoms with Crippen molar-refractivity contribution in [3.63, 3.8) is 0 Å². The average Bonchev–Trinajstić information content (AvgIpc) is 3.05. The molecule has 0 saturated carbocycles. The Kier molecular flexibility index (Phi) is 4.94. The molecule has 1 aromatic heterocycles. The van der Waals surface area contributed by atoms with E-state index in [2.05, 4.69) is 10.3 Å². The third-order valence-electron chi connectivity index (χ3n) is 3.53. The van der Waals surface area contributed by atoms with Crippen LogP contribution in [0.1, 0.15) is 23.5 Å². The van der Waals surface area contributed by atoms with Gasteiger partial charge in [0.1, 0.15) is 5.01 Å². The van der Waals surface area contributed by atoms with E-state index in [-0.39, 0.29) is 11.9 Å². The molecular formula is C18H16ClN3OS. The maximum absolute atomic E-state index is 11.1. The number of carbonyl (C=O) groups excluding carboxylic acids is 1. The molecule has 24 heavy (non-hydrogen) atoms. The van der Waals surface area contributed by atoms with E-state index in [0.29, 0.717) is 5.02 Å². The van der Waals surface area contributed by atoms with E-state index in [1.165, 1.54) is 18.3 Å². The van der Waals surface area contributed by atoms with Crippen molar-refractivity contribution in [2.45, 2.75) is 13.0 Å². The Bertz CT molecular complexity index is 861. The van der Waals surface area contributed by atoms with Crippen LogP contribution < -0.4 is 11.1 Å². The summed E-state index contributed by atoms with van der Waals surface area (Å²) in [4.78, 5) is 15.7. The molecule has 3 rings (SSSR count). The van der Waals surface area contributed by atoms with Gasteiger partial charge in [-0.3, -0.25) is 4.79 Å². The summed E-state index contributed by atoms with van der Waals surface area (Å²) in [7, 11) is 0. The van der Waals surface area contributed by atoms with Gasteiger partial charge in [-0.15, -0.1) is 11.3 Å². The van der Waals surface area contributed by atoms with Gasteiger partial charge in [0.2, 0.25) is 5.91 Å². The van der Waals surface area contributed by atoms with Crippen LogP contribution in [0.25, 0.3) is 11.3 Å². The first-order valence-corrected chi connectivity index (χ1v) is 8.64. The molecule has 3 aromatic rings. The van der Waals surface area contributed by atoms with Gasteiger partial charge in [-0.25, -0.2) is 4.98 Å². The lowest BCUT2D eigenvalue weighted by Crippen LogP contribution is -2.12. The van der Waals surface area contributed by atoms with E-state index >= 15 is 0 Å². The predicted molar refractivity (Wildman–Crippen MR) is 99.3 cm³/mol. The van der Waals surface area contributed by atoms with E-state index in [4.69, 9.17) is 17.3 Å². The van der Waals surface area contributed by atoms with E-state index in [0.717, 1.165) is 27.5 Å². The number of nitrogens with one attached hydrogen (secondary N) is 1. The quantitative estimate of drug-likeness (QED) is 0.723. The van der Waals surface area contributed by atoms with Gasteiger partial charge in [0.25, 0.3) is 0 Å². The first kappa shape index (κ1) is 16.6. The molecule has 0 bridgehead atoms. The van der Waals surface area contributed by atoms with Gasteiger partial charge in [-0.2, -0.15) is 0 Å². The van der Waals surface area contributed by atoms with E-state index < -0.39 is 0 Å². The number of aromatic nitrogens is 1. The Balaban J connectivity index is 1.83. The van der Waals surface area contributed by atoms with Crippen LogP contribution in [0.5, 0.6) is 0 Å². The minimum atomic E-state index is -0.351. The predicted octanol–water partition coefficient (Wildman–Crippen LogP) is 4.47. The maximum Gasteiger partial charge on any atom is 0.221 e.